The minimum absolute atomic E-state index is 0.157. The molecular weight excluding hydrogens is 384 g/mol. The van der Waals surface area contributed by atoms with E-state index in [4.69, 9.17) is 0 Å². The molecule has 3 rings (SSSR count). The van der Waals surface area contributed by atoms with Crippen LogP contribution in [0, 0.1) is 18.3 Å². The number of benzene rings is 2. The number of rotatable bonds is 2. The largest absolute Gasteiger partial charge is 0.369 e. The Morgan fingerprint density at radius 3 is 2.69 bits per heavy atom. The van der Waals surface area contributed by atoms with E-state index in [-0.39, 0.29) is 5.54 Å². The third-order valence-electron chi connectivity index (χ3n) is 5.58. The maximum atomic E-state index is 9.68. The van der Waals surface area contributed by atoms with E-state index in [2.05, 4.69) is 73.8 Å². The van der Waals surface area contributed by atoms with Crippen LogP contribution in [0.4, 0.5) is 5.69 Å². The van der Waals surface area contributed by atoms with Crippen LogP contribution >= 0.6 is 15.9 Å². The van der Waals surface area contributed by atoms with Crippen molar-refractivity contribution in [1.82, 2.24) is 0 Å². The maximum absolute atomic E-state index is 9.68. The van der Waals surface area contributed by atoms with Crippen LogP contribution in [0.5, 0.6) is 0 Å². The highest BCUT2D eigenvalue weighted by molar-refractivity contribution is 9.10. The molecule has 2 aromatic carbocycles. The molecule has 1 unspecified atom stereocenters. The van der Waals surface area contributed by atoms with Gasteiger partial charge in [-0.15, -0.1) is 0 Å². The summed E-state index contributed by atoms with van der Waals surface area (Å²) >= 11 is 3.49. The second-order valence-corrected chi connectivity index (χ2v) is 8.84. The number of anilines is 1. The van der Waals surface area contributed by atoms with E-state index in [9.17, 15) is 5.26 Å². The summed E-state index contributed by atoms with van der Waals surface area (Å²) < 4.78 is 0.982. The van der Waals surface area contributed by atoms with Gasteiger partial charge in [0.25, 0.3) is 0 Å². The van der Waals surface area contributed by atoms with Gasteiger partial charge in [0.2, 0.25) is 0 Å². The van der Waals surface area contributed by atoms with Crippen molar-refractivity contribution < 1.29 is 0 Å². The van der Waals surface area contributed by atoms with Crippen LogP contribution in [-0.2, 0) is 0 Å². The second kappa shape index (κ2) is 6.93. The van der Waals surface area contributed by atoms with E-state index in [1.54, 1.807) is 0 Å². The van der Waals surface area contributed by atoms with Crippen molar-refractivity contribution in [3.05, 3.63) is 63.1 Å². The molecule has 0 aromatic heterocycles. The Labute approximate surface area is 165 Å². The van der Waals surface area contributed by atoms with E-state index in [0.29, 0.717) is 11.5 Å². The van der Waals surface area contributed by atoms with Crippen LogP contribution in [0.1, 0.15) is 55.4 Å². The number of hydrogen-bond donors (Lipinski definition) is 0. The Balaban J connectivity index is 2.10. The van der Waals surface area contributed by atoms with Gasteiger partial charge in [0.15, 0.2) is 0 Å². The summed E-state index contributed by atoms with van der Waals surface area (Å²) in [6, 6.07) is 14.8. The first-order chi connectivity index (χ1) is 12.2. The van der Waals surface area contributed by atoms with E-state index < -0.39 is 0 Å². The number of halogens is 1. The van der Waals surface area contributed by atoms with Gasteiger partial charge in [0.1, 0.15) is 0 Å². The average molecular weight is 409 g/mol. The Kier molecular flexibility index (Phi) is 4.99. The molecule has 0 amide bonds. The zero-order chi connectivity index (χ0) is 19.1. The average Bonchev–Trinajstić information content (AvgIpc) is 2.58. The molecule has 134 valence electrons. The standard InChI is InChI=1S/C23H25BrN2/c1-15-9-22-21(16(2)13-23(3,4)26(22)5)12-18(15)10-19(14-25)17-7-6-8-20(24)11-17/h6-12,16H,13H2,1-5H3/b19-10-. The number of aryl methyl sites for hydroxylation is 1. The van der Waals surface area contributed by atoms with Crippen LogP contribution in [-0.4, -0.2) is 12.6 Å². The predicted molar refractivity (Wildman–Crippen MR) is 114 cm³/mol. The van der Waals surface area contributed by atoms with Crippen LogP contribution in [0.25, 0.3) is 11.6 Å². The summed E-state index contributed by atoms with van der Waals surface area (Å²) in [5, 5.41) is 9.68. The first-order valence-electron chi connectivity index (χ1n) is 8.99. The minimum Gasteiger partial charge on any atom is -0.369 e. The Bertz CT molecular complexity index is 918. The number of nitrogens with zero attached hydrogens (tertiary/aromatic N) is 2. The molecule has 1 heterocycles. The topological polar surface area (TPSA) is 27.0 Å². The molecule has 0 saturated carbocycles. The van der Waals surface area contributed by atoms with Gasteiger partial charge < -0.3 is 4.90 Å². The zero-order valence-corrected chi connectivity index (χ0v) is 17.7. The normalized spacial score (nSPS) is 19.0. The molecule has 0 spiro atoms. The quantitative estimate of drug-likeness (QED) is 0.416. The molecule has 0 aliphatic carbocycles. The van der Waals surface area contributed by atoms with Gasteiger partial charge in [-0.25, -0.2) is 0 Å². The highest BCUT2D eigenvalue weighted by Gasteiger charge is 2.34. The fraction of sp³-hybridized carbons (Fsp3) is 0.348. The van der Waals surface area contributed by atoms with Crippen molar-refractivity contribution in [3.8, 4) is 6.07 Å². The Morgan fingerprint density at radius 1 is 1.31 bits per heavy atom. The molecule has 0 fully saturated rings. The lowest BCUT2D eigenvalue weighted by molar-refractivity contribution is 0.395. The molecule has 0 bridgehead atoms. The molecule has 1 aliphatic heterocycles. The van der Waals surface area contributed by atoms with E-state index >= 15 is 0 Å². The fourth-order valence-electron chi connectivity index (χ4n) is 3.88. The molecule has 0 radical (unpaired) electrons. The molecular formula is C23H25BrN2. The molecule has 1 aliphatic rings. The third-order valence-corrected chi connectivity index (χ3v) is 6.07. The van der Waals surface area contributed by atoms with Crippen molar-refractivity contribution in [2.24, 2.45) is 0 Å². The Morgan fingerprint density at radius 2 is 2.04 bits per heavy atom. The van der Waals surface area contributed by atoms with Crippen LogP contribution in [0.15, 0.2) is 40.9 Å². The number of allylic oxidation sites excluding steroid dienone is 1. The highest BCUT2D eigenvalue weighted by atomic mass is 79.9. The van der Waals surface area contributed by atoms with Gasteiger partial charge in [0.05, 0.1) is 11.6 Å². The molecule has 1 atom stereocenters. The molecule has 0 N–H and O–H groups in total. The smallest absolute Gasteiger partial charge is 0.0998 e. The van der Waals surface area contributed by atoms with Gasteiger partial charge >= 0.3 is 0 Å². The molecule has 3 heteroatoms. The van der Waals surface area contributed by atoms with E-state index in [1.807, 2.05) is 30.3 Å². The summed E-state index contributed by atoms with van der Waals surface area (Å²) in [6.45, 7) is 9.03. The van der Waals surface area contributed by atoms with E-state index in [0.717, 1.165) is 22.0 Å². The summed E-state index contributed by atoms with van der Waals surface area (Å²) in [5.74, 6) is 0.500. The second-order valence-electron chi connectivity index (χ2n) is 7.92. The third kappa shape index (κ3) is 3.44. The molecule has 0 saturated heterocycles. The van der Waals surface area contributed by atoms with Gasteiger partial charge in [-0.2, -0.15) is 5.26 Å². The zero-order valence-electron chi connectivity index (χ0n) is 16.1. The van der Waals surface area contributed by atoms with Crippen molar-refractivity contribution >= 4 is 33.3 Å². The minimum atomic E-state index is 0.157. The molecule has 26 heavy (non-hydrogen) atoms. The SMILES string of the molecule is Cc1cc2c(cc1/C=C(/C#N)c1cccc(Br)c1)C(C)CC(C)(C)N2C. The number of hydrogen-bond acceptors (Lipinski definition) is 2. The monoisotopic (exact) mass is 408 g/mol. The van der Waals surface area contributed by atoms with Crippen LogP contribution < -0.4 is 4.90 Å². The lowest BCUT2D eigenvalue weighted by atomic mass is 9.79. The van der Waals surface area contributed by atoms with Crippen molar-refractivity contribution in [2.45, 2.75) is 45.6 Å². The first-order valence-corrected chi connectivity index (χ1v) is 9.78. The lowest BCUT2D eigenvalue weighted by Crippen LogP contribution is -2.45. The number of nitriles is 1. The van der Waals surface area contributed by atoms with Crippen molar-refractivity contribution in [1.29, 1.82) is 5.26 Å². The van der Waals surface area contributed by atoms with Gasteiger partial charge in [0, 0.05) is 22.7 Å². The first kappa shape index (κ1) is 18.7. The maximum Gasteiger partial charge on any atom is 0.0998 e. The summed E-state index contributed by atoms with van der Waals surface area (Å²) in [4.78, 5) is 2.39. The van der Waals surface area contributed by atoms with Gasteiger partial charge in [-0.3, -0.25) is 0 Å². The van der Waals surface area contributed by atoms with Crippen molar-refractivity contribution in [2.75, 3.05) is 11.9 Å². The van der Waals surface area contributed by atoms with Gasteiger partial charge in [-0.1, -0.05) is 35.0 Å². The highest BCUT2D eigenvalue weighted by Crippen LogP contribution is 2.43. The predicted octanol–water partition coefficient (Wildman–Crippen LogP) is 6.54. The summed E-state index contributed by atoms with van der Waals surface area (Å²) in [6.07, 6.45) is 3.14. The lowest BCUT2D eigenvalue weighted by Gasteiger charge is -2.45. The fourth-order valence-corrected chi connectivity index (χ4v) is 4.28. The Hall–Kier alpha value is -2.05. The summed E-state index contributed by atoms with van der Waals surface area (Å²) in [5.41, 5.74) is 6.78. The van der Waals surface area contributed by atoms with Crippen molar-refractivity contribution in [3.63, 3.8) is 0 Å². The van der Waals surface area contributed by atoms with E-state index in [1.165, 1.54) is 16.8 Å². The molecule has 2 nitrogen and oxygen atoms in total. The van der Waals surface area contributed by atoms with Crippen LogP contribution in [0.2, 0.25) is 0 Å². The van der Waals surface area contributed by atoms with Crippen LogP contribution in [0.3, 0.4) is 0 Å². The molecule has 2 aromatic rings. The van der Waals surface area contributed by atoms with Gasteiger partial charge in [-0.05, 0) is 85.7 Å². The summed E-state index contributed by atoms with van der Waals surface area (Å²) in [7, 11) is 2.18. The number of fused-ring (bicyclic) bond motifs is 1.